The summed E-state index contributed by atoms with van der Waals surface area (Å²) in [5.74, 6) is 0.833. The number of likely N-dealkylation sites (tertiary alicyclic amines) is 1. The summed E-state index contributed by atoms with van der Waals surface area (Å²) in [6.45, 7) is 2.54. The minimum absolute atomic E-state index is 0.386. The first-order valence-electron chi connectivity index (χ1n) is 12.4. The van der Waals surface area contributed by atoms with Gasteiger partial charge in [-0.3, -0.25) is 0 Å². The summed E-state index contributed by atoms with van der Waals surface area (Å²) in [5, 5.41) is 14.5. The Morgan fingerprint density at radius 1 is 1.03 bits per heavy atom. The van der Waals surface area contributed by atoms with E-state index >= 15 is 0 Å². The van der Waals surface area contributed by atoms with Crippen molar-refractivity contribution in [3.8, 4) is 5.75 Å². The average molecular weight is 487 g/mol. The monoisotopic (exact) mass is 486 g/mol. The van der Waals surface area contributed by atoms with Crippen molar-refractivity contribution in [2.45, 2.75) is 36.7 Å². The molecule has 0 bridgehead atoms. The van der Waals surface area contributed by atoms with E-state index in [2.05, 4.69) is 58.4 Å². The zero-order valence-electron chi connectivity index (χ0n) is 20.1. The molecule has 0 saturated carbocycles. The summed E-state index contributed by atoms with van der Waals surface area (Å²) in [7, 11) is 1.70. The van der Waals surface area contributed by atoms with Gasteiger partial charge in [0.05, 0.1) is 12.7 Å². The van der Waals surface area contributed by atoms with Gasteiger partial charge in [0.15, 0.2) is 0 Å². The number of nitrogens with zero attached hydrogens (tertiary/aromatic N) is 1. The van der Waals surface area contributed by atoms with Gasteiger partial charge in [-0.15, -0.1) is 0 Å². The Labute approximate surface area is 211 Å². The van der Waals surface area contributed by atoms with Gasteiger partial charge in [-0.05, 0) is 60.3 Å². The second-order valence-corrected chi connectivity index (χ2v) is 10.7. The first-order chi connectivity index (χ1) is 17.0. The summed E-state index contributed by atoms with van der Waals surface area (Å²) in [6, 6.07) is 25.0. The Morgan fingerprint density at radius 2 is 1.89 bits per heavy atom. The van der Waals surface area contributed by atoms with Gasteiger partial charge in [-0.25, -0.2) is 0 Å². The van der Waals surface area contributed by atoms with E-state index in [1.165, 1.54) is 22.2 Å². The third kappa shape index (κ3) is 3.85. The lowest BCUT2D eigenvalue weighted by Gasteiger charge is -2.56. The van der Waals surface area contributed by atoms with Crippen molar-refractivity contribution >= 4 is 22.5 Å². The number of nitrogens with one attached hydrogen (secondary N) is 1. The van der Waals surface area contributed by atoms with Gasteiger partial charge in [0, 0.05) is 53.0 Å². The van der Waals surface area contributed by atoms with Crippen LogP contribution in [0.1, 0.15) is 28.8 Å². The van der Waals surface area contributed by atoms with Crippen LogP contribution in [0.2, 0.25) is 5.02 Å². The maximum atomic E-state index is 12.6. The highest BCUT2D eigenvalue weighted by molar-refractivity contribution is 6.31. The van der Waals surface area contributed by atoms with Crippen LogP contribution in [0.3, 0.4) is 0 Å². The molecule has 6 rings (SSSR count). The molecule has 35 heavy (non-hydrogen) atoms. The number of aromatic amines is 1. The Hall–Kier alpha value is -2.79. The fraction of sp³-hybridized carbons (Fsp3) is 0.333. The molecule has 1 aliphatic heterocycles. The van der Waals surface area contributed by atoms with Crippen LogP contribution in [-0.2, 0) is 24.7 Å². The highest BCUT2D eigenvalue weighted by atomic mass is 35.5. The lowest BCUT2D eigenvalue weighted by molar-refractivity contribution is -0.102. The summed E-state index contributed by atoms with van der Waals surface area (Å²) in [5.41, 5.74) is 4.70. The summed E-state index contributed by atoms with van der Waals surface area (Å²) in [6.07, 6.45) is 3.26. The highest BCUT2D eigenvalue weighted by Crippen LogP contribution is 2.52. The number of aromatic nitrogens is 1. The predicted molar refractivity (Wildman–Crippen MR) is 142 cm³/mol. The van der Waals surface area contributed by atoms with Crippen molar-refractivity contribution in [3.05, 3.63) is 100 Å². The van der Waals surface area contributed by atoms with E-state index in [9.17, 15) is 5.11 Å². The van der Waals surface area contributed by atoms with Crippen molar-refractivity contribution in [2.75, 3.05) is 26.7 Å². The summed E-state index contributed by atoms with van der Waals surface area (Å²) in [4.78, 5) is 6.09. The zero-order chi connectivity index (χ0) is 24.0. The number of hydrogen-bond acceptors (Lipinski definition) is 3. The van der Waals surface area contributed by atoms with E-state index < -0.39 is 5.60 Å². The van der Waals surface area contributed by atoms with E-state index in [1.54, 1.807) is 7.11 Å². The normalized spacial score (nSPS) is 24.2. The van der Waals surface area contributed by atoms with Gasteiger partial charge in [0.2, 0.25) is 0 Å². The molecule has 1 saturated heterocycles. The summed E-state index contributed by atoms with van der Waals surface area (Å²) >= 11 is 6.30. The number of hydrogen-bond donors (Lipinski definition) is 2. The van der Waals surface area contributed by atoms with Gasteiger partial charge in [-0.2, -0.15) is 0 Å². The van der Waals surface area contributed by atoms with Gasteiger partial charge in [-0.1, -0.05) is 60.1 Å². The quantitative estimate of drug-likeness (QED) is 0.389. The molecule has 2 aliphatic rings. The van der Waals surface area contributed by atoms with Crippen LogP contribution < -0.4 is 4.74 Å². The molecule has 1 fully saturated rings. The molecular formula is C30H31ClN2O2. The lowest BCUT2D eigenvalue weighted by Crippen LogP contribution is -2.66. The first-order valence-corrected chi connectivity index (χ1v) is 12.8. The second kappa shape index (κ2) is 8.70. The second-order valence-electron chi connectivity index (χ2n) is 10.2. The first kappa shape index (κ1) is 22.7. The number of β-amino-alcohol motifs (C(OH)–C–C–N with tert-alkyl or cyclic N) is 1. The Kier molecular flexibility index (Phi) is 5.63. The van der Waals surface area contributed by atoms with E-state index in [1.807, 2.05) is 24.3 Å². The minimum Gasteiger partial charge on any atom is -0.497 e. The van der Waals surface area contributed by atoms with E-state index in [4.69, 9.17) is 16.3 Å². The lowest BCUT2D eigenvalue weighted by atomic mass is 9.56. The number of rotatable bonds is 5. The molecule has 0 radical (unpaired) electrons. The third-order valence-corrected chi connectivity index (χ3v) is 8.55. The van der Waals surface area contributed by atoms with Crippen LogP contribution in [0, 0.1) is 0 Å². The molecule has 1 aliphatic carbocycles. The van der Waals surface area contributed by atoms with Crippen LogP contribution in [0.25, 0.3) is 10.9 Å². The maximum absolute atomic E-state index is 12.6. The van der Waals surface area contributed by atoms with Crippen LogP contribution in [0.15, 0.2) is 72.8 Å². The number of benzene rings is 3. The Balaban J connectivity index is 1.40. The fourth-order valence-electron chi connectivity index (χ4n) is 6.45. The van der Waals surface area contributed by atoms with Gasteiger partial charge >= 0.3 is 0 Å². The summed E-state index contributed by atoms with van der Waals surface area (Å²) < 4.78 is 5.58. The number of H-pyrrole nitrogens is 1. The predicted octanol–water partition coefficient (Wildman–Crippen LogP) is 5.55. The number of ether oxygens (including phenoxy) is 1. The SMILES string of the molecule is COc1cccc([C@@]23CCN(CCc4ccccc4)C[C@@]2(O)Cc2c([nH]c4cc(Cl)ccc24)C3)c1. The molecule has 0 spiro atoms. The molecule has 2 atom stereocenters. The highest BCUT2D eigenvalue weighted by Gasteiger charge is 2.57. The zero-order valence-corrected chi connectivity index (χ0v) is 20.8. The number of methoxy groups -OCH3 is 1. The van der Waals surface area contributed by atoms with Gasteiger partial charge < -0.3 is 19.7 Å². The van der Waals surface area contributed by atoms with Crippen molar-refractivity contribution in [3.63, 3.8) is 0 Å². The fourth-order valence-corrected chi connectivity index (χ4v) is 6.62. The van der Waals surface area contributed by atoms with Crippen LogP contribution in [0.5, 0.6) is 5.75 Å². The minimum atomic E-state index is -0.893. The van der Waals surface area contributed by atoms with Crippen LogP contribution in [-0.4, -0.2) is 47.3 Å². The van der Waals surface area contributed by atoms with Gasteiger partial charge in [0.1, 0.15) is 5.75 Å². The standard InChI is InChI=1S/C30H31ClN2O2/c1-35-24-9-5-8-22(16-24)29-13-15-33(14-12-21-6-3-2-4-7-21)20-30(29,34)18-26-25-11-10-23(31)17-27(25)32-28(26)19-29/h2-11,16-17,32,34H,12-15,18-20H2,1H3/t29-,30-/m0/s1. The maximum Gasteiger partial charge on any atom is 0.119 e. The number of fused-ring (bicyclic) bond motifs is 4. The van der Waals surface area contributed by atoms with E-state index in [0.29, 0.717) is 13.0 Å². The molecule has 2 heterocycles. The molecule has 3 aromatic carbocycles. The topological polar surface area (TPSA) is 48.5 Å². The van der Waals surface area contributed by atoms with E-state index in [-0.39, 0.29) is 5.41 Å². The van der Waals surface area contributed by atoms with Gasteiger partial charge in [0.25, 0.3) is 0 Å². The molecule has 4 aromatic rings. The smallest absolute Gasteiger partial charge is 0.119 e. The van der Waals surface area contributed by atoms with Crippen molar-refractivity contribution in [1.82, 2.24) is 9.88 Å². The van der Waals surface area contributed by atoms with Crippen LogP contribution >= 0.6 is 11.6 Å². The number of halogens is 1. The molecule has 180 valence electrons. The van der Waals surface area contributed by atoms with Crippen molar-refractivity contribution < 1.29 is 9.84 Å². The third-order valence-electron chi connectivity index (χ3n) is 8.32. The van der Waals surface area contributed by atoms with Crippen molar-refractivity contribution in [2.24, 2.45) is 0 Å². The molecule has 0 amide bonds. The molecule has 0 unspecified atom stereocenters. The number of aliphatic hydroxyl groups is 1. The number of piperidine rings is 1. The van der Waals surface area contributed by atoms with Crippen LogP contribution in [0.4, 0.5) is 0 Å². The average Bonchev–Trinajstić information content (AvgIpc) is 3.21. The molecule has 5 heteroatoms. The van der Waals surface area contributed by atoms with Crippen molar-refractivity contribution in [1.29, 1.82) is 0 Å². The Bertz CT molecular complexity index is 1370. The molecule has 4 nitrogen and oxygen atoms in total. The molecule has 2 N–H and O–H groups in total. The molecule has 1 aromatic heterocycles. The van der Waals surface area contributed by atoms with E-state index in [0.717, 1.165) is 54.2 Å². The Morgan fingerprint density at radius 3 is 2.71 bits per heavy atom. The molecular weight excluding hydrogens is 456 g/mol. The largest absolute Gasteiger partial charge is 0.497 e.